The van der Waals surface area contributed by atoms with Gasteiger partial charge in [0.2, 0.25) is 5.91 Å². The van der Waals surface area contributed by atoms with Crippen LogP contribution in [0.2, 0.25) is 5.02 Å². The quantitative estimate of drug-likeness (QED) is 0.504. The SMILES string of the molecule is CCCC(=O)NS(=O)(=O)N(C(=O)c1ccco1)C1CC2(CC(c3nc4cc(Cl)ccc4o3)C2)C1. The maximum atomic E-state index is 13.0. The highest BCUT2D eigenvalue weighted by Gasteiger charge is 2.58. The summed E-state index contributed by atoms with van der Waals surface area (Å²) in [5.74, 6) is -0.746. The van der Waals surface area contributed by atoms with Gasteiger partial charge in [-0.15, -0.1) is 0 Å². The zero-order chi connectivity index (χ0) is 24.1. The highest BCUT2D eigenvalue weighted by molar-refractivity contribution is 7.88. The van der Waals surface area contributed by atoms with E-state index in [1.165, 1.54) is 18.4 Å². The van der Waals surface area contributed by atoms with Gasteiger partial charge >= 0.3 is 16.1 Å². The van der Waals surface area contributed by atoms with Crippen LogP contribution in [0.1, 0.15) is 67.8 Å². The molecule has 0 aliphatic heterocycles. The lowest BCUT2D eigenvalue weighted by Gasteiger charge is -2.58. The van der Waals surface area contributed by atoms with Crippen molar-refractivity contribution < 1.29 is 26.8 Å². The third-order valence-corrected chi connectivity index (χ3v) is 8.36. The second-order valence-corrected chi connectivity index (χ2v) is 11.2. The van der Waals surface area contributed by atoms with Crippen LogP contribution in [0.4, 0.5) is 0 Å². The fraction of sp³-hybridized carbons (Fsp3) is 0.435. The van der Waals surface area contributed by atoms with E-state index in [1.807, 2.05) is 4.72 Å². The standard InChI is InChI=1S/C23H24ClN3O6S/c1-2-4-20(28)26-34(30,31)27(22(29)19-5-3-8-32-19)16-12-23(13-16)10-14(11-23)21-25-17-9-15(24)6-7-18(17)33-21/h3,5-9,14,16H,2,4,10-13H2,1H3,(H,26,28). The Morgan fingerprint density at radius 1 is 1.24 bits per heavy atom. The Labute approximate surface area is 201 Å². The Kier molecular flexibility index (Phi) is 5.68. The molecule has 1 aromatic carbocycles. The molecule has 0 radical (unpaired) electrons. The van der Waals surface area contributed by atoms with Gasteiger partial charge in [0, 0.05) is 17.4 Å². The van der Waals surface area contributed by atoms with Gasteiger partial charge in [-0.05, 0) is 67.9 Å². The Morgan fingerprint density at radius 3 is 2.68 bits per heavy atom. The Morgan fingerprint density at radius 2 is 2.00 bits per heavy atom. The smallest absolute Gasteiger partial charge is 0.328 e. The van der Waals surface area contributed by atoms with Gasteiger partial charge in [0.1, 0.15) is 5.52 Å². The van der Waals surface area contributed by atoms with Gasteiger partial charge in [-0.2, -0.15) is 8.42 Å². The second kappa shape index (κ2) is 8.42. The normalized spacial score (nSPS) is 23.9. The van der Waals surface area contributed by atoms with Crippen molar-refractivity contribution in [1.82, 2.24) is 14.0 Å². The predicted octanol–water partition coefficient (Wildman–Crippen LogP) is 4.40. The van der Waals surface area contributed by atoms with Crippen molar-refractivity contribution in [2.45, 2.75) is 57.4 Å². The van der Waals surface area contributed by atoms with Crippen molar-refractivity contribution in [2.24, 2.45) is 5.41 Å². The van der Waals surface area contributed by atoms with Crippen LogP contribution in [0.15, 0.2) is 45.4 Å². The van der Waals surface area contributed by atoms with Crippen LogP contribution in [0.5, 0.6) is 0 Å². The van der Waals surface area contributed by atoms with Crippen LogP contribution < -0.4 is 4.72 Å². The molecule has 180 valence electrons. The van der Waals surface area contributed by atoms with Crippen molar-refractivity contribution in [3.05, 3.63) is 53.3 Å². The van der Waals surface area contributed by atoms with Crippen LogP contribution in [0.25, 0.3) is 11.1 Å². The Balaban J connectivity index is 1.30. The topological polar surface area (TPSA) is 123 Å². The predicted molar refractivity (Wildman–Crippen MR) is 123 cm³/mol. The molecule has 0 bridgehead atoms. The number of aromatic nitrogens is 1. The Hall–Kier alpha value is -2.85. The molecule has 34 heavy (non-hydrogen) atoms. The molecule has 5 rings (SSSR count). The zero-order valence-electron chi connectivity index (χ0n) is 18.5. The fourth-order valence-corrected chi connectivity index (χ4v) is 6.65. The van der Waals surface area contributed by atoms with Gasteiger partial charge < -0.3 is 8.83 Å². The van der Waals surface area contributed by atoms with Crippen LogP contribution in [-0.4, -0.2) is 35.6 Å². The maximum Gasteiger partial charge on any atom is 0.328 e. The van der Waals surface area contributed by atoms with E-state index in [4.69, 9.17) is 20.4 Å². The van der Waals surface area contributed by atoms with Crippen molar-refractivity contribution in [3.8, 4) is 0 Å². The number of halogens is 1. The molecule has 2 amide bonds. The van der Waals surface area contributed by atoms with E-state index in [-0.39, 0.29) is 23.5 Å². The fourth-order valence-electron chi connectivity index (χ4n) is 5.14. The summed E-state index contributed by atoms with van der Waals surface area (Å²) in [6.45, 7) is 1.77. The summed E-state index contributed by atoms with van der Waals surface area (Å²) in [6.07, 6.45) is 4.43. The third-order valence-electron chi connectivity index (χ3n) is 6.65. The van der Waals surface area contributed by atoms with Gasteiger partial charge in [0.15, 0.2) is 17.2 Å². The first-order valence-electron chi connectivity index (χ1n) is 11.2. The number of fused-ring (bicyclic) bond motifs is 1. The van der Waals surface area contributed by atoms with Crippen molar-refractivity contribution >= 4 is 44.7 Å². The molecule has 0 unspecified atom stereocenters. The van der Waals surface area contributed by atoms with Gasteiger partial charge in [-0.25, -0.2) is 14.0 Å². The number of nitrogens with zero attached hydrogens (tertiary/aromatic N) is 2. The van der Waals surface area contributed by atoms with Crippen LogP contribution in [0.3, 0.4) is 0 Å². The lowest BCUT2D eigenvalue weighted by atomic mass is 9.50. The van der Waals surface area contributed by atoms with Gasteiger partial charge in [0.25, 0.3) is 0 Å². The van der Waals surface area contributed by atoms with E-state index in [1.54, 1.807) is 25.1 Å². The molecule has 3 aromatic rings. The van der Waals surface area contributed by atoms with E-state index in [9.17, 15) is 18.0 Å². The van der Waals surface area contributed by atoms with Crippen molar-refractivity contribution in [2.75, 3.05) is 0 Å². The number of carbonyl (C=O) groups excluding carboxylic acids is 2. The third kappa shape index (κ3) is 4.09. The van der Waals surface area contributed by atoms with E-state index < -0.39 is 28.1 Å². The summed E-state index contributed by atoms with van der Waals surface area (Å²) >= 11 is 6.03. The molecule has 2 aromatic heterocycles. The minimum absolute atomic E-state index is 0.0496. The number of furan rings is 1. The van der Waals surface area contributed by atoms with Crippen LogP contribution in [-0.2, 0) is 15.0 Å². The summed E-state index contributed by atoms with van der Waals surface area (Å²) in [6, 6.07) is 7.66. The first-order valence-corrected chi connectivity index (χ1v) is 13.0. The largest absolute Gasteiger partial charge is 0.459 e. The molecule has 2 saturated carbocycles. The molecular weight excluding hydrogens is 482 g/mol. The average molecular weight is 506 g/mol. The minimum Gasteiger partial charge on any atom is -0.459 e. The molecule has 1 N–H and O–H groups in total. The molecule has 2 heterocycles. The van der Waals surface area contributed by atoms with Crippen molar-refractivity contribution in [1.29, 1.82) is 0 Å². The summed E-state index contributed by atoms with van der Waals surface area (Å²) in [5, 5.41) is 0.591. The van der Waals surface area contributed by atoms with E-state index >= 15 is 0 Å². The molecule has 2 aliphatic carbocycles. The van der Waals surface area contributed by atoms with Crippen LogP contribution in [0, 0.1) is 5.41 Å². The monoisotopic (exact) mass is 505 g/mol. The molecule has 0 atom stereocenters. The highest BCUT2D eigenvalue weighted by Crippen LogP contribution is 2.63. The minimum atomic E-state index is -4.37. The molecule has 11 heteroatoms. The average Bonchev–Trinajstić information content (AvgIpc) is 3.37. The van der Waals surface area contributed by atoms with Gasteiger partial charge in [0.05, 0.1) is 12.3 Å². The number of oxazole rings is 1. The molecule has 2 aliphatic rings. The number of benzene rings is 1. The van der Waals surface area contributed by atoms with E-state index in [2.05, 4.69) is 4.98 Å². The summed E-state index contributed by atoms with van der Waals surface area (Å²) < 4.78 is 39.9. The number of nitrogens with one attached hydrogen (secondary N) is 1. The molecule has 9 nitrogen and oxygen atoms in total. The van der Waals surface area contributed by atoms with Crippen LogP contribution >= 0.6 is 11.6 Å². The summed E-state index contributed by atoms with van der Waals surface area (Å²) in [5.41, 5.74) is 1.30. The summed E-state index contributed by atoms with van der Waals surface area (Å²) in [4.78, 5) is 29.6. The number of amides is 2. The van der Waals surface area contributed by atoms with E-state index in [0.29, 0.717) is 41.3 Å². The first kappa shape index (κ1) is 22.9. The first-order chi connectivity index (χ1) is 16.2. The second-order valence-electron chi connectivity index (χ2n) is 9.19. The van der Waals surface area contributed by atoms with Crippen molar-refractivity contribution in [3.63, 3.8) is 0 Å². The number of hydrogen-bond acceptors (Lipinski definition) is 7. The molecule has 1 spiro atoms. The number of hydrogen-bond donors (Lipinski definition) is 1. The number of carbonyl (C=O) groups is 2. The maximum absolute atomic E-state index is 13.0. The molecule has 2 fully saturated rings. The summed E-state index contributed by atoms with van der Waals surface area (Å²) in [7, 11) is -4.37. The number of rotatable bonds is 7. The zero-order valence-corrected chi connectivity index (χ0v) is 20.1. The lowest BCUT2D eigenvalue weighted by molar-refractivity contribution is -0.119. The van der Waals surface area contributed by atoms with Gasteiger partial charge in [-0.1, -0.05) is 18.5 Å². The van der Waals surface area contributed by atoms with Gasteiger partial charge in [-0.3, -0.25) is 9.59 Å². The Bertz CT molecular complexity index is 1340. The lowest BCUT2D eigenvalue weighted by Crippen LogP contribution is -2.60. The highest BCUT2D eigenvalue weighted by atomic mass is 35.5. The molecular formula is C23H24ClN3O6S. The van der Waals surface area contributed by atoms with E-state index in [0.717, 1.165) is 17.1 Å². The molecule has 0 saturated heterocycles.